The van der Waals surface area contributed by atoms with Crippen LogP contribution in [-0.2, 0) is 4.79 Å². The number of rotatable bonds is 5. The highest BCUT2D eigenvalue weighted by Crippen LogP contribution is 2.34. The molecule has 0 atom stereocenters. The summed E-state index contributed by atoms with van der Waals surface area (Å²) in [6.07, 6.45) is 1.69. The molecule has 0 N–H and O–H groups in total. The van der Waals surface area contributed by atoms with Crippen molar-refractivity contribution in [2.45, 2.75) is 6.92 Å². The Morgan fingerprint density at radius 1 is 1.21 bits per heavy atom. The molecule has 0 aliphatic heterocycles. The number of hydrogen-bond acceptors (Lipinski definition) is 6. The molecule has 0 saturated carbocycles. The number of esters is 1. The van der Waals surface area contributed by atoms with Crippen LogP contribution in [0.1, 0.15) is 17.5 Å². The Bertz CT molecular complexity index is 1150. The van der Waals surface area contributed by atoms with E-state index in [0.717, 1.165) is 5.56 Å². The molecule has 0 radical (unpaired) electrons. The summed E-state index contributed by atoms with van der Waals surface area (Å²) >= 11 is 13.5. The molecular formula is C21H14Cl2N2O3S. The fourth-order valence-electron chi connectivity index (χ4n) is 2.54. The van der Waals surface area contributed by atoms with Crippen LogP contribution in [0.5, 0.6) is 11.5 Å². The van der Waals surface area contributed by atoms with Gasteiger partial charge in [0.2, 0.25) is 0 Å². The van der Waals surface area contributed by atoms with E-state index in [4.69, 9.17) is 32.7 Å². The third kappa shape index (κ3) is 4.96. The third-order valence-electron chi connectivity index (χ3n) is 3.81. The Hall–Kier alpha value is -2.85. The van der Waals surface area contributed by atoms with Crippen molar-refractivity contribution < 1.29 is 14.3 Å². The zero-order valence-electron chi connectivity index (χ0n) is 15.4. The van der Waals surface area contributed by atoms with Gasteiger partial charge < -0.3 is 9.47 Å². The molecule has 8 heteroatoms. The molecule has 0 aliphatic rings. The zero-order valence-corrected chi connectivity index (χ0v) is 17.7. The minimum atomic E-state index is -0.444. The minimum Gasteiger partial charge on any atom is -0.493 e. The van der Waals surface area contributed by atoms with Crippen LogP contribution in [0, 0.1) is 11.3 Å². The van der Waals surface area contributed by atoms with E-state index in [9.17, 15) is 10.1 Å². The highest BCUT2D eigenvalue weighted by atomic mass is 35.5. The summed E-state index contributed by atoms with van der Waals surface area (Å²) in [6, 6.07) is 12.4. The first-order valence-electron chi connectivity index (χ1n) is 8.31. The highest BCUT2D eigenvalue weighted by molar-refractivity contribution is 7.11. The van der Waals surface area contributed by atoms with Crippen LogP contribution in [0.15, 0.2) is 41.8 Å². The second-order valence-electron chi connectivity index (χ2n) is 5.84. The Kier molecular flexibility index (Phi) is 6.55. The van der Waals surface area contributed by atoms with E-state index in [-0.39, 0.29) is 0 Å². The molecule has 0 amide bonds. The first kappa shape index (κ1) is 20.9. The molecule has 1 heterocycles. The van der Waals surface area contributed by atoms with Gasteiger partial charge in [0.15, 0.2) is 11.5 Å². The van der Waals surface area contributed by atoms with E-state index in [1.54, 1.807) is 42.5 Å². The molecule has 0 bridgehead atoms. The predicted octanol–water partition coefficient (Wildman–Crippen LogP) is 6.11. The van der Waals surface area contributed by atoms with Crippen molar-refractivity contribution in [1.82, 2.24) is 4.98 Å². The zero-order chi connectivity index (χ0) is 21.0. The number of ether oxygens (including phenoxy) is 2. The summed E-state index contributed by atoms with van der Waals surface area (Å²) in [5.41, 5.74) is 2.49. The van der Waals surface area contributed by atoms with Crippen molar-refractivity contribution >= 4 is 52.2 Å². The number of thiazole rings is 1. The molecule has 0 spiro atoms. The number of nitriles is 1. The van der Waals surface area contributed by atoms with E-state index in [2.05, 4.69) is 11.1 Å². The fraction of sp³-hybridized carbons (Fsp3) is 0.0952. The molecule has 1 aromatic heterocycles. The first-order valence-corrected chi connectivity index (χ1v) is 9.94. The Labute approximate surface area is 181 Å². The fourth-order valence-corrected chi connectivity index (χ4v) is 3.83. The molecule has 0 unspecified atom stereocenters. The van der Waals surface area contributed by atoms with E-state index in [1.807, 2.05) is 5.38 Å². The van der Waals surface area contributed by atoms with Crippen molar-refractivity contribution in [3.63, 3.8) is 0 Å². The summed E-state index contributed by atoms with van der Waals surface area (Å²) < 4.78 is 10.4. The van der Waals surface area contributed by atoms with Crippen LogP contribution < -0.4 is 9.47 Å². The van der Waals surface area contributed by atoms with Gasteiger partial charge >= 0.3 is 5.97 Å². The predicted molar refractivity (Wildman–Crippen MR) is 115 cm³/mol. The van der Waals surface area contributed by atoms with Gasteiger partial charge in [-0.15, -0.1) is 11.3 Å². The topological polar surface area (TPSA) is 72.2 Å². The van der Waals surface area contributed by atoms with Gasteiger partial charge in [0.1, 0.15) is 11.1 Å². The Balaban J connectivity index is 1.94. The summed E-state index contributed by atoms with van der Waals surface area (Å²) in [7, 11) is 1.48. The standard InChI is InChI=1S/C21H14Cl2N2O3S/c1-12(26)28-19-6-3-13(8-20(19)27-2)7-14(10-24)21-25-18(11-29-21)16-5-4-15(22)9-17(16)23/h3-9,11H,1-2H3/b14-7-. The van der Waals surface area contributed by atoms with Crippen molar-refractivity contribution in [3.05, 3.63) is 62.4 Å². The van der Waals surface area contributed by atoms with Gasteiger partial charge in [-0.05, 0) is 42.0 Å². The van der Waals surface area contributed by atoms with Gasteiger partial charge in [0, 0.05) is 22.9 Å². The molecule has 2 aromatic carbocycles. The van der Waals surface area contributed by atoms with Crippen LogP contribution in [-0.4, -0.2) is 18.1 Å². The number of benzene rings is 2. The average molecular weight is 445 g/mol. The number of aromatic nitrogens is 1. The Morgan fingerprint density at radius 2 is 2.00 bits per heavy atom. The first-order chi connectivity index (χ1) is 13.9. The van der Waals surface area contributed by atoms with E-state index >= 15 is 0 Å². The van der Waals surface area contributed by atoms with E-state index < -0.39 is 5.97 Å². The molecule has 5 nitrogen and oxygen atoms in total. The summed E-state index contributed by atoms with van der Waals surface area (Å²) in [5.74, 6) is 0.254. The smallest absolute Gasteiger partial charge is 0.308 e. The lowest BCUT2D eigenvalue weighted by Gasteiger charge is -2.08. The maximum atomic E-state index is 11.2. The highest BCUT2D eigenvalue weighted by Gasteiger charge is 2.13. The molecule has 3 rings (SSSR count). The quantitative estimate of drug-likeness (QED) is 0.269. The molecule has 0 aliphatic carbocycles. The molecule has 29 heavy (non-hydrogen) atoms. The van der Waals surface area contributed by atoms with Gasteiger partial charge in [-0.1, -0.05) is 29.3 Å². The van der Waals surface area contributed by atoms with E-state index in [0.29, 0.717) is 43.4 Å². The number of nitrogens with zero attached hydrogens (tertiary/aromatic N) is 2. The van der Waals surface area contributed by atoms with Crippen molar-refractivity contribution in [2.24, 2.45) is 0 Å². The molecular weight excluding hydrogens is 431 g/mol. The van der Waals surface area contributed by atoms with Gasteiger partial charge in [0.25, 0.3) is 0 Å². The maximum absolute atomic E-state index is 11.2. The average Bonchev–Trinajstić information content (AvgIpc) is 3.16. The van der Waals surface area contributed by atoms with Crippen LogP contribution >= 0.6 is 34.5 Å². The lowest BCUT2D eigenvalue weighted by Crippen LogP contribution is -2.03. The molecule has 3 aromatic rings. The lowest BCUT2D eigenvalue weighted by molar-refractivity contribution is -0.132. The summed E-state index contributed by atoms with van der Waals surface area (Å²) in [5, 5.41) is 13.0. The second-order valence-corrected chi connectivity index (χ2v) is 7.54. The summed E-state index contributed by atoms with van der Waals surface area (Å²) in [6.45, 7) is 1.31. The van der Waals surface area contributed by atoms with Crippen LogP contribution in [0.3, 0.4) is 0 Å². The third-order valence-corrected chi connectivity index (χ3v) is 5.24. The van der Waals surface area contributed by atoms with Crippen LogP contribution in [0.2, 0.25) is 10.0 Å². The van der Waals surface area contributed by atoms with Crippen LogP contribution in [0.4, 0.5) is 0 Å². The van der Waals surface area contributed by atoms with E-state index in [1.165, 1.54) is 25.4 Å². The molecule has 0 fully saturated rings. The van der Waals surface area contributed by atoms with Gasteiger partial charge in [-0.3, -0.25) is 4.79 Å². The largest absolute Gasteiger partial charge is 0.493 e. The number of carbonyl (C=O) groups excluding carboxylic acids is 1. The van der Waals surface area contributed by atoms with Crippen LogP contribution in [0.25, 0.3) is 22.9 Å². The van der Waals surface area contributed by atoms with Crippen molar-refractivity contribution in [1.29, 1.82) is 5.26 Å². The minimum absolute atomic E-state index is 0.310. The molecule has 0 saturated heterocycles. The molecule has 146 valence electrons. The number of methoxy groups -OCH3 is 1. The van der Waals surface area contributed by atoms with Gasteiger partial charge in [-0.25, -0.2) is 4.98 Å². The van der Waals surface area contributed by atoms with Gasteiger partial charge in [-0.2, -0.15) is 5.26 Å². The maximum Gasteiger partial charge on any atom is 0.308 e. The lowest BCUT2D eigenvalue weighted by atomic mass is 10.1. The number of hydrogen-bond donors (Lipinski definition) is 0. The normalized spacial score (nSPS) is 11.1. The SMILES string of the molecule is COc1cc(/C=C(/C#N)c2nc(-c3ccc(Cl)cc3Cl)cs2)ccc1OC(C)=O. The monoisotopic (exact) mass is 444 g/mol. The number of halogens is 2. The van der Waals surface area contributed by atoms with Gasteiger partial charge in [0.05, 0.1) is 23.4 Å². The number of allylic oxidation sites excluding steroid dienone is 1. The summed E-state index contributed by atoms with van der Waals surface area (Å²) in [4.78, 5) is 15.7. The Morgan fingerprint density at radius 3 is 2.66 bits per heavy atom. The number of carbonyl (C=O) groups is 1. The van der Waals surface area contributed by atoms with Crippen molar-refractivity contribution in [2.75, 3.05) is 7.11 Å². The van der Waals surface area contributed by atoms with Crippen molar-refractivity contribution in [3.8, 4) is 28.8 Å². The second kappa shape index (κ2) is 9.10.